The molecule has 0 aromatic heterocycles. The lowest BCUT2D eigenvalue weighted by Crippen LogP contribution is -2.21. The van der Waals surface area contributed by atoms with Gasteiger partial charge in [0.25, 0.3) is 5.91 Å². The summed E-state index contributed by atoms with van der Waals surface area (Å²) in [7, 11) is 0. The summed E-state index contributed by atoms with van der Waals surface area (Å²) in [4.78, 5) is 12.8. The summed E-state index contributed by atoms with van der Waals surface area (Å²) in [5, 5.41) is 5.82. The molecule has 0 atom stereocenters. The zero-order chi connectivity index (χ0) is 17.8. The Kier molecular flexibility index (Phi) is 5.14. The molecule has 0 radical (unpaired) electrons. The van der Waals surface area contributed by atoms with Gasteiger partial charge in [0, 0.05) is 10.0 Å². The van der Waals surface area contributed by atoms with E-state index in [1.165, 1.54) is 5.01 Å². The van der Waals surface area contributed by atoms with Crippen LogP contribution in [-0.2, 0) is 4.79 Å². The summed E-state index contributed by atoms with van der Waals surface area (Å²) in [6.45, 7) is 5.90. The maximum atomic E-state index is 12.8. The number of halogens is 1. The average molecular weight is 397 g/mol. The van der Waals surface area contributed by atoms with Crippen molar-refractivity contribution in [2.75, 3.05) is 11.6 Å². The molecule has 2 aromatic carbocycles. The van der Waals surface area contributed by atoms with E-state index >= 15 is 0 Å². The van der Waals surface area contributed by atoms with Crippen molar-refractivity contribution in [1.29, 1.82) is 0 Å². The molecule has 1 aliphatic rings. The zero-order valence-electron chi connectivity index (χ0n) is 13.8. The van der Waals surface area contributed by atoms with Crippen LogP contribution in [0, 0.1) is 0 Å². The molecule has 0 N–H and O–H groups in total. The zero-order valence-corrected chi connectivity index (χ0v) is 15.4. The van der Waals surface area contributed by atoms with Gasteiger partial charge in [0.1, 0.15) is 12.4 Å². The number of carbonyl (C=O) groups is 1. The van der Waals surface area contributed by atoms with Gasteiger partial charge in [-0.15, -0.1) is 0 Å². The minimum Gasteiger partial charge on any atom is -0.489 e. The lowest BCUT2D eigenvalue weighted by Gasteiger charge is -2.12. The topological polar surface area (TPSA) is 41.9 Å². The Morgan fingerprint density at radius 3 is 2.80 bits per heavy atom. The average Bonchev–Trinajstić information content (AvgIpc) is 2.89. The van der Waals surface area contributed by atoms with Crippen molar-refractivity contribution in [1.82, 2.24) is 0 Å². The number of carbonyl (C=O) groups excluding carboxylic acids is 1. The summed E-state index contributed by atoms with van der Waals surface area (Å²) in [5.41, 5.74) is 2.77. The second kappa shape index (κ2) is 7.49. The number of hydrazone groups is 1. The molecule has 0 aliphatic carbocycles. The van der Waals surface area contributed by atoms with Crippen molar-refractivity contribution in [2.45, 2.75) is 6.92 Å². The Bertz CT molecular complexity index is 887. The van der Waals surface area contributed by atoms with Crippen LogP contribution in [0.1, 0.15) is 12.5 Å². The molecule has 25 heavy (non-hydrogen) atoms. The van der Waals surface area contributed by atoms with Crippen LogP contribution in [-0.4, -0.2) is 18.2 Å². The second-order valence-corrected chi connectivity index (χ2v) is 6.39. The fourth-order valence-corrected chi connectivity index (χ4v) is 2.89. The monoisotopic (exact) mass is 396 g/mol. The molecule has 1 amide bonds. The highest BCUT2D eigenvalue weighted by molar-refractivity contribution is 9.10. The third kappa shape index (κ3) is 3.72. The number of amides is 1. The maximum absolute atomic E-state index is 12.8. The maximum Gasteiger partial charge on any atom is 0.280 e. The number of benzene rings is 2. The van der Waals surface area contributed by atoms with Crippen molar-refractivity contribution in [3.8, 4) is 5.75 Å². The summed E-state index contributed by atoms with van der Waals surface area (Å²) >= 11 is 3.42. The van der Waals surface area contributed by atoms with E-state index in [4.69, 9.17) is 4.74 Å². The van der Waals surface area contributed by atoms with Gasteiger partial charge in [0.05, 0.1) is 17.0 Å². The Morgan fingerprint density at radius 1 is 1.24 bits per heavy atom. The number of hydrogen-bond acceptors (Lipinski definition) is 3. The largest absolute Gasteiger partial charge is 0.489 e. The van der Waals surface area contributed by atoms with Gasteiger partial charge in [-0.05, 0) is 37.3 Å². The van der Waals surface area contributed by atoms with Gasteiger partial charge in [-0.3, -0.25) is 4.79 Å². The highest BCUT2D eigenvalue weighted by atomic mass is 79.9. The Balaban J connectivity index is 1.94. The molecule has 0 fully saturated rings. The van der Waals surface area contributed by atoms with Crippen molar-refractivity contribution in [2.24, 2.45) is 5.10 Å². The van der Waals surface area contributed by atoms with Gasteiger partial charge in [0.2, 0.25) is 0 Å². The molecule has 1 aliphatic heterocycles. The first kappa shape index (κ1) is 17.2. The fourth-order valence-electron chi connectivity index (χ4n) is 2.50. The standard InChI is InChI=1S/C20H17BrN2O2/c1-3-11-25-19-10-5-4-7-15(19)12-18-14(2)22-23(20(18)24)17-9-6-8-16(21)13-17/h3-10,12-13H,1,11H2,2H3. The van der Waals surface area contributed by atoms with Crippen LogP contribution in [0.15, 0.2) is 76.3 Å². The molecule has 2 aromatic rings. The SMILES string of the molecule is C=CCOc1ccccc1C=C1C(=O)N(c2cccc(Br)c2)N=C1C. The molecule has 126 valence electrons. The lowest BCUT2D eigenvalue weighted by molar-refractivity contribution is -0.114. The minimum absolute atomic E-state index is 0.158. The van der Waals surface area contributed by atoms with E-state index in [2.05, 4.69) is 27.6 Å². The van der Waals surface area contributed by atoms with Gasteiger partial charge >= 0.3 is 0 Å². The van der Waals surface area contributed by atoms with Gasteiger partial charge in [0.15, 0.2) is 0 Å². The fraction of sp³-hybridized carbons (Fsp3) is 0.100. The molecule has 0 unspecified atom stereocenters. The number of anilines is 1. The molecular formula is C20H17BrN2O2. The van der Waals surface area contributed by atoms with E-state index in [1.54, 1.807) is 6.08 Å². The first-order chi connectivity index (χ1) is 12.1. The third-order valence-corrected chi connectivity index (χ3v) is 4.18. The van der Waals surface area contributed by atoms with Crippen molar-refractivity contribution < 1.29 is 9.53 Å². The number of para-hydroxylation sites is 1. The van der Waals surface area contributed by atoms with E-state index in [1.807, 2.05) is 61.5 Å². The molecular weight excluding hydrogens is 380 g/mol. The number of rotatable bonds is 5. The highest BCUT2D eigenvalue weighted by Crippen LogP contribution is 2.29. The first-order valence-corrected chi connectivity index (χ1v) is 8.59. The second-order valence-electron chi connectivity index (χ2n) is 5.48. The quantitative estimate of drug-likeness (QED) is 0.536. The molecule has 0 saturated carbocycles. The molecule has 0 spiro atoms. The highest BCUT2D eigenvalue weighted by Gasteiger charge is 2.29. The van der Waals surface area contributed by atoms with Crippen LogP contribution in [0.3, 0.4) is 0 Å². The molecule has 5 heteroatoms. The van der Waals surface area contributed by atoms with Crippen LogP contribution < -0.4 is 9.75 Å². The van der Waals surface area contributed by atoms with E-state index in [9.17, 15) is 4.79 Å². The number of nitrogens with zero attached hydrogens (tertiary/aromatic N) is 2. The number of ether oxygens (including phenoxy) is 1. The Morgan fingerprint density at radius 2 is 2.04 bits per heavy atom. The molecule has 3 rings (SSSR count). The molecule has 0 bridgehead atoms. The molecule has 1 heterocycles. The smallest absolute Gasteiger partial charge is 0.280 e. The number of hydrogen-bond donors (Lipinski definition) is 0. The van der Waals surface area contributed by atoms with Gasteiger partial charge in [-0.1, -0.05) is 52.9 Å². The van der Waals surface area contributed by atoms with Gasteiger partial charge < -0.3 is 4.74 Å². The lowest BCUT2D eigenvalue weighted by atomic mass is 10.1. The summed E-state index contributed by atoms with van der Waals surface area (Å²) in [5.74, 6) is 0.547. The first-order valence-electron chi connectivity index (χ1n) is 7.80. The van der Waals surface area contributed by atoms with Crippen LogP contribution in [0.5, 0.6) is 5.75 Å². The van der Waals surface area contributed by atoms with Crippen LogP contribution in [0.25, 0.3) is 6.08 Å². The normalized spacial score (nSPS) is 15.4. The van der Waals surface area contributed by atoms with Gasteiger partial charge in [-0.25, -0.2) is 0 Å². The van der Waals surface area contributed by atoms with Crippen LogP contribution in [0.4, 0.5) is 5.69 Å². The Labute approximate surface area is 155 Å². The van der Waals surface area contributed by atoms with E-state index < -0.39 is 0 Å². The van der Waals surface area contributed by atoms with Crippen molar-refractivity contribution in [3.63, 3.8) is 0 Å². The predicted molar refractivity (Wildman–Crippen MR) is 105 cm³/mol. The van der Waals surface area contributed by atoms with Crippen LogP contribution >= 0.6 is 15.9 Å². The minimum atomic E-state index is -0.158. The predicted octanol–water partition coefficient (Wildman–Crippen LogP) is 4.82. The van der Waals surface area contributed by atoms with E-state index in [0.29, 0.717) is 23.6 Å². The molecule has 0 saturated heterocycles. The van der Waals surface area contributed by atoms with E-state index in [0.717, 1.165) is 15.7 Å². The summed E-state index contributed by atoms with van der Waals surface area (Å²) in [6.07, 6.45) is 3.50. The van der Waals surface area contributed by atoms with Crippen molar-refractivity contribution >= 4 is 39.3 Å². The van der Waals surface area contributed by atoms with Gasteiger partial charge in [-0.2, -0.15) is 10.1 Å². The van der Waals surface area contributed by atoms with Crippen molar-refractivity contribution in [3.05, 3.63) is 76.8 Å². The summed E-state index contributed by atoms with van der Waals surface area (Å²) < 4.78 is 6.56. The molecule has 4 nitrogen and oxygen atoms in total. The summed E-state index contributed by atoms with van der Waals surface area (Å²) in [6, 6.07) is 15.1. The van der Waals surface area contributed by atoms with E-state index in [-0.39, 0.29) is 5.91 Å². The Hall–Kier alpha value is -2.66. The van der Waals surface area contributed by atoms with Crippen LogP contribution in [0.2, 0.25) is 0 Å². The third-order valence-electron chi connectivity index (χ3n) is 3.69.